The van der Waals surface area contributed by atoms with Crippen LogP contribution in [0.15, 0.2) is 60.8 Å². The Hall–Kier alpha value is -2.39. The van der Waals surface area contributed by atoms with Crippen LogP contribution in [-0.2, 0) is 13.2 Å². The van der Waals surface area contributed by atoms with Crippen molar-refractivity contribution in [3.8, 4) is 5.75 Å². The molecule has 3 rings (SSSR count). The second-order valence-corrected chi connectivity index (χ2v) is 4.66. The predicted molar refractivity (Wildman–Crippen MR) is 80.4 cm³/mol. The summed E-state index contributed by atoms with van der Waals surface area (Å²) in [6, 6.07) is 18.2. The molecule has 0 amide bonds. The van der Waals surface area contributed by atoms with E-state index in [0.29, 0.717) is 13.2 Å². The highest BCUT2D eigenvalue weighted by Crippen LogP contribution is 2.21. The Morgan fingerprint density at radius 1 is 0.950 bits per heavy atom. The molecular weight excluding hydrogens is 248 g/mol. The lowest BCUT2D eigenvalue weighted by atomic mass is 10.1. The lowest BCUT2D eigenvalue weighted by Crippen LogP contribution is -2.01. The van der Waals surface area contributed by atoms with E-state index < -0.39 is 0 Å². The summed E-state index contributed by atoms with van der Waals surface area (Å²) in [7, 11) is 0. The molecule has 2 aromatic carbocycles. The Morgan fingerprint density at radius 3 is 2.55 bits per heavy atom. The van der Waals surface area contributed by atoms with Crippen LogP contribution in [0.25, 0.3) is 10.8 Å². The molecule has 0 radical (unpaired) electrons. The van der Waals surface area contributed by atoms with Crippen molar-refractivity contribution >= 4 is 10.8 Å². The summed E-state index contributed by atoms with van der Waals surface area (Å²) in [6.07, 6.45) is 1.79. The molecule has 0 saturated carbocycles. The van der Waals surface area contributed by atoms with E-state index in [-0.39, 0.29) is 0 Å². The van der Waals surface area contributed by atoms with Gasteiger partial charge in [0.1, 0.15) is 12.4 Å². The van der Waals surface area contributed by atoms with E-state index >= 15 is 0 Å². The average Bonchev–Trinajstić information content (AvgIpc) is 2.53. The maximum absolute atomic E-state index is 5.78. The van der Waals surface area contributed by atoms with Gasteiger partial charge in [-0.25, -0.2) is 0 Å². The molecule has 2 N–H and O–H groups in total. The second kappa shape index (κ2) is 5.72. The third-order valence-corrected chi connectivity index (χ3v) is 3.23. The van der Waals surface area contributed by atoms with Crippen LogP contribution in [0.1, 0.15) is 11.3 Å². The number of ether oxygens (including phenoxy) is 1. The van der Waals surface area contributed by atoms with E-state index in [1.54, 1.807) is 6.20 Å². The summed E-state index contributed by atoms with van der Waals surface area (Å²) in [4.78, 5) is 4.32. The quantitative estimate of drug-likeness (QED) is 0.786. The standard InChI is InChI=1S/C17H16N2O/c18-10-13-5-7-16(19-11-13)12-20-17-8-6-14-3-1-2-4-15(14)9-17/h1-9,11H,10,12,18H2. The van der Waals surface area contributed by atoms with Gasteiger partial charge in [0.25, 0.3) is 0 Å². The fourth-order valence-corrected chi connectivity index (χ4v) is 2.08. The van der Waals surface area contributed by atoms with Crippen molar-refractivity contribution in [3.63, 3.8) is 0 Å². The number of hydrogen-bond donors (Lipinski definition) is 1. The Morgan fingerprint density at radius 2 is 1.80 bits per heavy atom. The van der Waals surface area contributed by atoms with E-state index in [9.17, 15) is 0 Å². The van der Waals surface area contributed by atoms with Crippen molar-refractivity contribution in [1.82, 2.24) is 4.98 Å². The first-order valence-electron chi connectivity index (χ1n) is 6.60. The number of pyridine rings is 1. The zero-order chi connectivity index (χ0) is 13.8. The van der Waals surface area contributed by atoms with Crippen molar-refractivity contribution in [1.29, 1.82) is 0 Å². The number of rotatable bonds is 4. The summed E-state index contributed by atoms with van der Waals surface area (Å²) in [5.41, 5.74) is 7.47. The zero-order valence-corrected chi connectivity index (χ0v) is 11.1. The minimum atomic E-state index is 0.461. The van der Waals surface area contributed by atoms with Crippen LogP contribution in [0.3, 0.4) is 0 Å². The van der Waals surface area contributed by atoms with Crippen LogP contribution in [0.4, 0.5) is 0 Å². The van der Waals surface area contributed by atoms with E-state index in [1.807, 2.05) is 36.4 Å². The van der Waals surface area contributed by atoms with Crippen molar-refractivity contribution in [2.75, 3.05) is 0 Å². The SMILES string of the molecule is NCc1ccc(COc2ccc3ccccc3c2)nc1. The Kier molecular flexibility index (Phi) is 3.61. The monoisotopic (exact) mass is 264 g/mol. The number of nitrogens with zero attached hydrogens (tertiary/aromatic N) is 1. The lowest BCUT2D eigenvalue weighted by Gasteiger charge is -2.07. The van der Waals surface area contributed by atoms with Gasteiger partial charge < -0.3 is 10.5 Å². The number of fused-ring (bicyclic) bond motifs is 1. The van der Waals surface area contributed by atoms with E-state index in [4.69, 9.17) is 10.5 Å². The fourth-order valence-electron chi connectivity index (χ4n) is 2.08. The van der Waals surface area contributed by atoms with E-state index in [1.165, 1.54) is 10.8 Å². The molecule has 0 spiro atoms. The summed E-state index contributed by atoms with van der Waals surface area (Å²) in [6.45, 7) is 0.974. The molecule has 0 bridgehead atoms. The molecule has 3 nitrogen and oxygen atoms in total. The minimum absolute atomic E-state index is 0.461. The van der Waals surface area contributed by atoms with Crippen LogP contribution in [0.5, 0.6) is 5.75 Å². The number of benzene rings is 2. The topological polar surface area (TPSA) is 48.1 Å². The molecule has 1 aromatic heterocycles. The molecule has 3 heteroatoms. The van der Waals surface area contributed by atoms with Gasteiger partial charge in [0.2, 0.25) is 0 Å². The zero-order valence-electron chi connectivity index (χ0n) is 11.1. The predicted octanol–water partition coefficient (Wildman–Crippen LogP) is 3.27. The van der Waals surface area contributed by atoms with Gasteiger partial charge in [-0.05, 0) is 34.5 Å². The molecular formula is C17H16N2O. The van der Waals surface area contributed by atoms with E-state index in [0.717, 1.165) is 17.0 Å². The Balaban J connectivity index is 1.72. The first-order valence-corrected chi connectivity index (χ1v) is 6.60. The van der Waals surface area contributed by atoms with Gasteiger partial charge in [-0.2, -0.15) is 0 Å². The van der Waals surface area contributed by atoms with Gasteiger partial charge in [-0.3, -0.25) is 4.98 Å². The summed E-state index contributed by atoms with van der Waals surface area (Å²) in [5.74, 6) is 0.855. The molecule has 3 aromatic rings. The lowest BCUT2D eigenvalue weighted by molar-refractivity contribution is 0.301. The summed E-state index contributed by atoms with van der Waals surface area (Å²) >= 11 is 0. The Bertz CT molecular complexity index is 708. The highest BCUT2D eigenvalue weighted by Gasteiger charge is 1.99. The van der Waals surface area contributed by atoms with Crippen molar-refractivity contribution < 1.29 is 4.74 Å². The highest BCUT2D eigenvalue weighted by molar-refractivity contribution is 5.83. The normalized spacial score (nSPS) is 10.7. The third-order valence-electron chi connectivity index (χ3n) is 3.23. The van der Waals surface area contributed by atoms with Crippen molar-refractivity contribution in [2.24, 2.45) is 5.73 Å². The summed E-state index contributed by atoms with van der Waals surface area (Å²) < 4.78 is 5.78. The van der Waals surface area contributed by atoms with Gasteiger partial charge in [0, 0.05) is 12.7 Å². The Labute approximate surface area is 118 Å². The van der Waals surface area contributed by atoms with Crippen molar-refractivity contribution in [2.45, 2.75) is 13.2 Å². The number of aromatic nitrogens is 1. The van der Waals surface area contributed by atoms with Gasteiger partial charge in [-0.1, -0.05) is 36.4 Å². The maximum atomic E-state index is 5.78. The van der Waals surface area contributed by atoms with Gasteiger partial charge in [0.15, 0.2) is 0 Å². The van der Waals surface area contributed by atoms with Gasteiger partial charge in [0.05, 0.1) is 5.69 Å². The molecule has 0 aliphatic carbocycles. The maximum Gasteiger partial charge on any atom is 0.130 e. The van der Waals surface area contributed by atoms with Crippen LogP contribution >= 0.6 is 0 Å². The van der Waals surface area contributed by atoms with Crippen LogP contribution in [-0.4, -0.2) is 4.98 Å². The summed E-state index contributed by atoms with van der Waals surface area (Å²) in [5, 5.41) is 2.39. The highest BCUT2D eigenvalue weighted by atomic mass is 16.5. The van der Waals surface area contributed by atoms with Crippen LogP contribution < -0.4 is 10.5 Å². The second-order valence-electron chi connectivity index (χ2n) is 4.66. The molecule has 0 atom stereocenters. The largest absolute Gasteiger partial charge is 0.487 e. The van der Waals surface area contributed by atoms with Crippen molar-refractivity contribution in [3.05, 3.63) is 72.1 Å². The molecule has 20 heavy (non-hydrogen) atoms. The van der Waals surface area contributed by atoms with E-state index in [2.05, 4.69) is 23.2 Å². The van der Waals surface area contributed by atoms with Crippen LogP contribution in [0, 0.1) is 0 Å². The molecule has 0 saturated heterocycles. The fraction of sp³-hybridized carbons (Fsp3) is 0.118. The van der Waals surface area contributed by atoms with Crippen LogP contribution in [0.2, 0.25) is 0 Å². The third kappa shape index (κ3) is 2.78. The number of nitrogens with two attached hydrogens (primary N) is 1. The molecule has 100 valence electrons. The first kappa shape index (κ1) is 12.6. The average molecular weight is 264 g/mol. The minimum Gasteiger partial charge on any atom is -0.487 e. The van der Waals surface area contributed by atoms with Gasteiger partial charge >= 0.3 is 0 Å². The number of hydrogen-bond acceptors (Lipinski definition) is 3. The molecule has 0 aliphatic rings. The molecule has 0 aliphatic heterocycles. The van der Waals surface area contributed by atoms with Gasteiger partial charge in [-0.15, -0.1) is 0 Å². The molecule has 0 unspecified atom stereocenters. The molecule has 1 heterocycles. The first-order chi connectivity index (χ1) is 9.85. The molecule has 0 fully saturated rings. The smallest absolute Gasteiger partial charge is 0.130 e.